The molecule has 21 heavy (non-hydrogen) atoms. The van der Waals surface area contributed by atoms with E-state index in [2.05, 4.69) is 17.2 Å². The Labute approximate surface area is 125 Å². The Bertz CT molecular complexity index is 665. The number of aryl methyl sites for hydroxylation is 3. The molecule has 1 amide bonds. The predicted molar refractivity (Wildman–Crippen MR) is 86.5 cm³/mol. The number of nitrogens with two attached hydrogens (primary N) is 1. The molecule has 110 valence electrons. The first-order valence-corrected chi connectivity index (χ1v) is 7.14. The first-order chi connectivity index (χ1) is 9.99. The van der Waals surface area contributed by atoms with Crippen LogP contribution < -0.4 is 11.1 Å². The third kappa shape index (κ3) is 3.81. The lowest BCUT2D eigenvalue weighted by Gasteiger charge is -2.10. The summed E-state index contributed by atoms with van der Waals surface area (Å²) in [6.07, 6.45) is 1.78. The molecule has 0 fully saturated rings. The lowest BCUT2D eigenvalue weighted by molar-refractivity contribution is 0.102. The van der Waals surface area contributed by atoms with Crippen molar-refractivity contribution in [3.05, 3.63) is 52.7 Å². The third-order valence-corrected chi connectivity index (χ3v) is 3.30. The predicted octanol–water partition coefficient (Wildman–Crippen LogP) is 3.49. The van der Waals surface area contributed by atoms with Crippen molar-refractivity contribution < 1.29 is 4.79 Å². The molecule has 0 atom stereocenters. The highest BCUT2D eigenvalue weighted by Gasteiger charge is 2.10. The molecule has 4 nitrogen and oxygen atoms in total. The van der Waals surface area contributed by atoms with Gasteiger partial charge in [-0.2, -0.15) is 0 Å². The topological polar surface area (TPSA) is 68.0 Å². The largest absolute Gasteiger partial charge is 0.384 e. The van der Waals surface area contributed by atoms with Crippen molar-refractivity contribution in [3.63, 3.8) is 0 Å². The summed E-state index contributed by atoms with van der Waals surface area (Å²) < 4.78 is 0. The average Bonchev–Trinajstić information content (AvgIpc) is 2.41. The van der Waals surface area contributed by atoms with E-state index in [4.69, 9.17) is 5.73 Å². The summed E-state index contributed by atoms with van der Waals surface area (Å²) in [4.78, 5) is 16.6. The van der Waals surface area contributed by atoms with Crippen molar-refractivity contribution in [1.82, 2.24) is 4.98 Å². The maximum Gasteiger partial charge on any atom is 0.255 e. The first kappa shape index (κ1) is 15.0. The van der Waals surface area contributed by atoms with Crippen LogP contribution in [0.15, 0.2) is 30.3 Å². The van der Waals surface area contributed by atoms with Gasteiger partial charge in [-0.25, -0.2) is 4.98 Å². The summed E-state index contributed by atoms with van der Waals surface area (Å²) in [5.41, 5.74) is 10.2. The van der Waals surface area contributed by atoms with Crippen LogP contribution in [0.3, 0.4) is 0 Å². The number of nitrogens with one attached hydrogen (secondary N) is 1. The minimum absolute atomic E-state index is 0.159. The van der Waals surface area contributed by atoms with Gasteiger partial charge in [-0.1, -0.05) is 31.0 Å². The molecule has 1 aromatic heterocycles. The zero-order valence-electron chi connectivity index (χ0n) is 12.7. The third-order valence-electron chi connectivity index (χ3n) is 3.30. The van der Waals surface area contributed by atoms with E-state index in [9.17, 15) is 4.79 Å². The Kier molecular flexibility index (Phi) is 4.58. The number of nitrogens with zero attached hydrogens (tertiary/aromatic N) is 1. The maximum absolute atomic E-state index is 12.4. The summed E-state index contributed by atoms with van der Waals surface area (Å²) in [5, 5.41) is 2.93. The van der Waals surface area contributed by atoms with Crippen LogP contribution in [-0.2, 0) is 6.42 Å². The van der Waals surface area contributed by atoms with Crippen molar-refractivity contribution in [3.8, 4) is 0 Å². The molecule has 0 spiro atoms. The van der Waals surface area contributed by atoms with Crippen molar-refractivity contribution in [2.75, 3.05) is 11.1 Å². The van der Waals surface area contributed by atoms with Crippen LogP contribution in [0, 0.1) is 13.8 Å². The number of pyridine rings is 1. The minimum Gasteiger partial charge on any atom is -0.384 e. The van der Waals surface area contributed by atoms with Gasteiger partial charge in [0.05, 0.1) is 0 Å². The number of carbonyl (C=O) groups excluding carboxylic acids is 1. The van der Waals surface area contributed by atoms with Gasteiger partial charge >= 0.3 is 0 Å². The quantitative estimate of drug-likeness (QED) is 0.902. The van der Waals surface area contributed by atoms with E-state index in [1.54, 1.807) is 12.1 Å². The van der Waals surface area contributed by atoms with Gasteiger partial charge in [-0.05, 0) is 44.0 Å². The lowest BCUT2D eigenvalue weighted by atomic mass is 10.1. The molecule has 0 aliphatic rings. The number of benzene rings is 1. The van der Waals surface area contributed by atoms with Gasteiger partial charge < -0.3 is 11.1 Å². The molecule has 2 aromatic rings. The van der Waals surface area contributed by atoms with E-state index in [1.807, 2.05) is 32.0 Å². The number of hydrogen-bond acceptors (Lipinski definition) is 3. The molecule has 0 radical (unpaired) electrons. The highest BCUT2D eigenvalue weighted by Crippen LogP contribution is 2.18. The fraction of sp³-hybridized carbons (Fsp3) is 0.294. The van der Waals surface area contributed by atoms with Gasteiger partial charge in [0.25, 0.3) is 5.91 Å². The van der Waals surface area contributed by atoms with Crippen LogP contribution in [-0.4, -0.2) is 10.9 Å². The van der Waals surface area contributed by atoms with Crippen molar-refractivity contribution >= 4 is 17.4 Å². The molecule has 4 heteroatoms. The summed E-state index contributed by atoms with van der Waals surface area (Å²) in [5.74, 6) is 0.222. The van der Waals surface area contributed by atoms with E-state index >= 15 is 0 Å². The number of anilines is 2. The van der Waals surface area contributed by atoms with Crippen molar-refractivity contribution in [2.24, 2.45) is 0 Å². The fourth-order valence-electron chi connectivity index (χ4n) is 2.27. The second-order valence-corrected chi connectivity index (χ2v) is 5.29. The van der Waals surface area contributed by atoms with E-state index in [1.165, 1.54) is 5.56 Å². The monoisotopic (exact) mass is 283 g/mol. The van der Waals surface area contributed by atoms with Gasteiger partial charge in [-0.15, -0.1) is 0 Å². The molecule has 0 aliphatic heterocycles. The fourth-order valence-corrected chi connectivity index (χ4v) is 2.27. The van der Waals surface area contributed by atoms with Gasteiger partial charge in [0.2, 0.25) is 0 Å². The van der Waals surface area contributed by atoms with Crippen molar-refractivity contribution in [1.29, 1.82) is 0 Å². The molecule has 3 N–H and O–H groups in total. The Hall–Kier alpha value is -2.36. The molecule has 0 saturated heterocycles. The average molecular weight is 283 g/mol. The number of hydrogen-bond donors (Lipinski definition) is 2. The zero-order chi connectivity index (χ0) is 15.4. The van der Waals surface area contributed by atoms with Crippen LogP contribution in [0.1, 0.15) is 40.5 Å². The summed E-state index contributed by atoms with van der Waals surface area (Å²) in [6, 6.07) is 9.35. The zero-order valence-corrected chi connectivity index (χ0v) is 12.7. The second kappa shape index (κ2) is 6.39. The number of amides is 1. The van der Waals surface area contributed by atoms with Crippen LogP contribution >= 0.6 is 0 Å². The summed E-state index contributed by atoms with van der Waals surface area (Å²) in [7, 11) is 0. The highest BCUT2D eigenvalue weighted by atomic mass is 16.1. The van der Waals surface area contributed by atoms with Crippen LogP contribution in [0.25, 0.3) is 0 Å². The molecule has 0 bridgehead atoms. The Balaban J connectivity index is 2.23. The Morgan fingerprint density at radius 3 is 2.67 bits per heavy atom. The van der Waals surface area contributed by atoms with Crippen LogP contribution in [0.2, 0.25) is 0 Å². The van der Waals surface area contributed by atoms with Crippen molar-refractivity contribution in [2.45, 2.75) is 33.6 Å². The number of rotatable bonds is 4. The Morgan fingerprint density at radius 1 is 1.24 bits per heavy atom. The summed E-state index contributed by atoms with van der Waals surface area (Å²) in [6.45, 7) is 6.07. The number of aromatic nitrogens is 1. The minimum atomic E-state index is -0.159. The molecular formula is C17H21N3O. The van der Waals surface area contributed by atoms with Crippen LogP contribution in [0.5, 0.6) is 0 Å². The second-order valence-electron chi connectivity index (χ2n) is 5.29. The van der Waals surface area contributed by atoms with Gasteiger partial charge in [0.1, 0.15) is 5.82 Å². The number of carbonyl (C=O) groups is 1. The van der Waals surface area contributed by atoms with E-state index < -0.39 is 0 Å². The molecule has 0 unspecified atom stereocenters. The SMILES string of the molecule is CCCc1cc(C(=O)Nc2ccc(C)cc2C)cc(N)n1. The van der Waals surface area contributed by atoms with Gasteiger partial charge in [0.15, 0.2) is 0 Å². The lowest BCUT2D eigenvalue weighted by Crippen LogP contribution is -2.14. The molecule has 0 saturated carbocycles. The smallest absolute Gasteiger partial charge is 0.255 e. The normalized spacial score (nSPS) is 10.4. The molecule has 1 aromatic carbocycles. The van der Waals surface area contributed by atoms with E-state index in [0.29, 0.717) is 11.4 Å². The summed E-state index contributed by atoms with van der Waals surface area (Å²) >= 11 is 0. The first-order valence-electron chi connectivity index (χ1n) is 7.14. The van der Waals surface area contributed by atoms with Gasteiger partial charge in [0, 0.05) is 16.9 Å². The van der Waals surface area contributed by atoms with E-state index in [0.717, 1.165) is 29.8 Å². The molecule has 0 aliphatic carbocycles. The molecule has 2 rings (SSSR count). The standard InChI is InChI=1S/C17H21N3O/c1-4-5-14-9-13(10-16(18)19-14)17(21)20-15-7-6-11(2)8-12(15)3/h6-10H,4-5H2,1-3H3,(H2,18,19)(H,20,21). The highest BCUT2D eigenvalue weighted by molar-refractivity contribution is 6.05. The molecule has 1 heterocycles. The van der Waals surface area contributed by atoms with E-state index in [-0.39, 0.29) is 5.91 Å². The molecular weight excluding hydrogens is 262 g/mol. The van der Waals surface area contributed by atoms with Crippen LogP contribution in [0.4, 0.5) is 11.5 Å². The number of nitrogen functional groups attached to an aromatic ring is 1. The van der Waals surface area contributed by atoms with Gasteiger partial charge in [-0.3, -0.25) is 4.79 Å². The Morgan fingerprint density at radius 2 is 2.00 bits per heavy atom. The maximum atomic E-state index is 12.4.